The Labute approximate surface area is 121 Å². The minimum Gasteiger partial charge on any atom is -0.392 e. The summed E-state index contributed by atoms with van der Waals surface area (Å²) < 4.78 is 0. The highest BCUT2D eigenvalue weighted by atomic mass is 32.1. The molecule has 1 saturated carbocycles. The minimum atomic E-state index is -0.571. The largest absolute Gasteiger partial charge is 0.392 e. The lowest BCUT2D eigenvalue weighted by Crippen LogP contribution is -2.55. The number of nitrogens with two attached hydrogens (primary N) is 1. The molecule has 2 rings (SSSR count). The fourth-order valence-electron chi connectivity index (χ4n) is 3.44. The third-order valence-electron chi connectivity index (χ3n) is 4.79. The van der Waals surface area contributed by atoms with E-state index in [-0.39, 0.29) is 11.9 Å². The number of likely N-dealkylation sites (tertiary alicyclic amines) is 1. The van der Waals surface area contributed by atoms with E-state index in [1.165, 1.54) is 0 Å². The molecule has 1 aliphatic carbocycles. The first-order chi connectivity index (χ1) is 8.95. The number of amides is 1. The van der Waals surface area contributed by atoms with E-state index in [1.807, 2.05) is 0 Å². The van der Waals surface area contributed by atoms with E-state index in [9.17, 15) is 4.79 Å². The highest BCUT2D eigenvalue weighted by Crippen LogP contribution is 2.39. The summed E-state index contributed by atoms with van der Waals surface area (Å²) in [6, 6.07) is 0.260. The van der Waals surface area contributed by atoms with Crippen molar-refractivity contribution in [2.24, 2.45) is 17.1 Å². The van der Waals surface area contributed by atoms with Gasteiger partial charge in [0.15, 0.2) is 0 Å². The van der Waals surface area contributed by atoms with Crippen molar-refractivity contribution < 1.29 is 4.79 Å². The highest BCUT2D eigenvalue weighted by molar-refractivity contribution is 7.80. The maximum absolute atomic E-state index is 12.6. The monoisotopic (exact) mass is 283 g/mol. The van der Waals surface area contributed by atoms with Gasteiger partial charge < -0.3 is 16.0 Å². The molecule has 5 heteroatoms. The molecule has 0 radical (unpaired) electrons. The molecule has 2 atom stereocenters. The van der Waals surface area contributed by atoms with Crippen LogP contribution in [-0.4, -0.2) is 42.0 Å². The molecule has 1 aliphatic heterocycles. The zero-order valence-electron chi connectivity index (χ0n) is 11.9. The Balaban J connectivity index is 2.02. The van der Waals surface area contributed by atoms with Gasteiger partial charge in [-0.2, -0.15) is 0 Å². The molecule has 1 saturated heterocycles. The maximum Gasteiger partial charge on any atom is 0.233 e. The number of hydrogen-bond donors (Lipinski definition) is 2. The van der Waals surface area contributed by atoms with Gasteiger partial charge in [-0.05, 0) is 38.8 Å². The van der Waals surface area contributed by atoms with Crippen molar-refractivity contribution in [3.05, 3.63) is 0 Å². The number of hydrogen-bond acceptors (Lipinski definition) is 3. The number of carbonyl (C=O) groups is 1. The van der Waals surface area contributed by atoms with Gasteiger partial charge in [0.25, 0.3) is 0 Å². The Morgan fingerprint density at radius 2 is 2.05 bits per heavy atom. The van der Waals surface area contributed by atoms with E-state index in [0.717, 1.165) is 45.2 Å². The lowest BCUT2D eigenvalue weighted by molar-refractivity contribution is -0.128. The summed E-state index contributed by atoms with van der Waals surface area (Å²) in [6.45, 7) is 4.27. The van der Waals surface area contributed by atoms with Gasteiger partial charge in [-0.1, -0.05) is 32.0 Å². The summed E-state index contributed by atoms with van der Waals surface area (Å²) in [4.78, 5) is 15.3. The molecular formula is C14H25N3OS. The molecular weight excluding hydrogens is 258 g/mol. The van der Waals surface area contributed by atoms with E-state index < -0.39 is 5.41 Å². The normalized spacial score (nSPS) is 31.1. The number of thiocarbonyl (C=S) groups is 1. The van der Waals surface area contributed by atoms with Gasteiger partial charge in [0.05, 0.1) is 10.4 Å². The molecule has 4 nitrogen and oxygen atoms in total. The van der Waals surface area contributed by atoms with E-state index in [2.05, 4.69) is 24.2 Å². The van der Waals surface area contributed by atoms with Crippen LogP contribution in [0, 0.1) is 11.3 Å². The van der Waals surface area contributed by atoms with Crippen LogP contribution >= 0.6 is 12.2 Å². The molecule has 1 heterocycles. The minimum absolute atomic E-state index is 0.0684. The van der Waals surface area contributed by atoms with Crippen LogP contribution in [0.5, 0.6) is 0 Å². The Hall–Kier alpha value is -0.680. The van der Waals surface area contributed by atoms with Crippen LogP contribution < -0.4 is 11.1 Å². The predicted molar refractivity (Wildman–Crippen MR) is 80.9 cm³/mol. The van der Waals surface area contributed by atoms with Gasteiger partial charge in [-0.3, -0.25) is 4.79 Å². The van der Waals surface area contributed by atoms with Gasteiger partial charge in [0.2, 0.25) is 5.91 Å². The first kappa shape index (κ1) is 14.7. The van der Waals surface area contributed by atoms with Gasteiger partial charge in [-0.15, -0.1) is 0 Å². The molecule has 0 aromatic carbocycles. The van der Waals surface area contributed by atoms with Crippen molar-refractivity contribution in [1.29, 1.82) is 0 Å². The smallest absolute Gasteiger partial charge is 0.233 e. The fraction of sp³-hybridized carbons (Fsp3) is 0.857. The fourth-order valence-corrected chi connectivity index (χ4v) is 3.74. The summed E-state index contributed by atoms with van der Waals surface area (Å²) in [6.07, 6.45) is 4.74. The summed E-state index contributed by atoms with van der Waals surface area (Å²) >= 11 is 5.17. The van der Waals surface area contributed by atoms with Crippen LogP contribution in [-0.2, 0) is 4.79 Å². The van der Waals surface area contributed by atoms with E-state index in [4.69, 9.17) is 18.0 Å². The lowest BCUT2D eigenvalue weighted by Gasteiger charge is -2.37. The molecule has 2 fully saturated rings. The van der Waals surface area contributed by atoms with Crippen LogP contribution in [0.2, 0.25) is 0 Å². The van der Waals surface area contributed by atoms with Gasteiger partial charge in [-0.25, -0.2) is 0 Å². The van der Waals surface area contributed by atoms with E-state index >= 15 is 0 Å². The molecule has 0 aromatic rings. The Morgan fingerprint density at radius 3 is 2.58 bits per heavy atom. The van der Waals surface area contributed by atoms with Crippen LogP contribution in [0.25, 0.3) is 0 Å². The first-order valence-corrected chi connectivity index (χ1v) is 7.66. The summed E-state index contributed by atoms with van der Waals surface area (Å²) in [5.74, 6) is 0.548. The quantitative estimate of drug-likeness (QED) is 0.766. The molecule has 2 aliphatic rings. The number of carbonyl (C=O) groups excluding carboxylic acids is 1. The molecule has 108 valence electrons. The maximum atomic E-state index is 12.6. The topological polar surface area (TPSA) is 58.4 Å². The van der Waals surface area contributed by atoms with Crippen molar-refractivity contribution in [2.75, 3.05) is 20.1 Å². The average molecular weight is 283 g/mol. The van der Waals surface area contributed by atoms with E-state index in [1.54, 1.807) is 0 Å². The second kappa shape index (κ2) is 5.75. The number of nitrogens with one attached hydrogen (secondary N) is 1. The summed E-state index contributed by atoms with van der Waals surface area (Å²) in [5.41, 5.74) is 5.29. The molecule has 2 unspecified atom stereocenters. The zero-order valence-corrected chi connectivity index (χ0v) is 12.8. The first-order valence-electron chi connectivity index (χ1n) is 7.25. The van der Waals surface area contributed by atoms with Gasteiger partial charge in [0, 0.05) is 12.6 Å². The molecule has 0 aromatic heterocycles. The molecule has 0 bridgehead atoms. The summed E-state index contributed by atoms with van der Waals surface area (Å²) in [5, 5.41) is 3.22. The van der Waals surface area contributed by atoms with Gasteiger partial charge in [0.1, 0.15) is 0 Å². The van der Waals surface area contributed by atoms with Crippen LogP contribution in [0.4, 0.5) is 0 Å². The molecule has 19 heavy (non-hydrogen) atoms. The lowest BCUT2D eigenvalue weighted by atomic mass is 9.83. The molecule has 1 amide bonds. The number of nitrogens with zero attached hydrogens (tertiary/aromatic N) is 1. The van der Waals surface area contributed by atoms with Gasteiger partial charge >= 0.3 is 0 Å². The average Bonchev–Trinajstić information content (AvgIpc) is 2.83. The third kappa shape index (κ3) is 2.92. The summed E-state index contributed by atoms with van der Waals surface area (Å²) in [7, 11) is 2.13. The molecule has 0 spiro atoms. The van der Waals surface area contributed by atoms with Crippen LogP contribution in [0.3, 0.4) is 0 Å². The van der Waals surface area contributed by atoms with Crippen LogP contribution in [0.1, 0.15) is 39.0 Å². The third-order valence-corrected chi connectivity index (χ3v) is 5.18. The Bertz CT molecular complexity index is 366. The highest BCUT2D eigenvalue weighted by Gasteiger charge is 2.45. The predicted octanol–water partition coefficient (Wildman–Crippen LogP) is 1.29. The van der Waals surface area contributed by atoms with Crippen molar-refractivity contribution >= 4 is 23.1 Å². The number of piperidine rings is 1. The van der Waals surface area contributed by atoms with Crippen molar-refractivity contribution in [3.63, 3.8) is 0 Å². The SMILES string of the molecule is CC1CN(C)CCC1NC(=O)C1(C(N)=S)CCCC1. The van der Waals surface area contributed by atoms with Crippen molar-refractivity contribution in [2.45, 2.75) is 45.1 Å². The second-order valence-corrected chi connectivity index (χ2v) is 6.70. The second-order valence-electron chi connectivity index (χ2n) is 6.26. The Kier molecular flexibility index (Phi) is 4.46. The van der Waals surface area contributed by atoms with Crippen molar-refractivity contribution in [1.82, 2.24) is 10.2 Å². The van der Waals surface area contributed by atoms with E-state index in [0.29, 0.717) is 10.9 Å². The molecule has 3 N–H and O–H groups in total. The standard InChI is InChI=1S/C14H25N3OS/c1-10-9-17(2)8-5-11(10)16-13(18)14(12(15)19)6-3-4-7-14/h10-11H,3-9H2,1-2H3,(H2,15,19)(H,16,18). The zero-order chi connectivity index (χ0) is 14.0. The van der Waals surface area contributed by atoms with Crippen molar-refractivity contribution in [3.8, 4) is 0 Å². The number of rotatable bonds is 3. The Morgan fingerprint density at radius 1 is 1.42 bits per heavy atom. The van der Waals surface area contributed by atoms with Crippen LogP contribution in [0.15, 0.2) is 0 Å².